The zero-order valence-electron chi connectivity index (χ0n) is 14.2. The molecule has 0 unspecified atom stereocenters. The van der Waals surface area contributed by atoms with Gasteiger partial charge >= 0.3 is 6.03 Å². The van der Waals surface area contributed by atoms with Gasteiger partial charge in [-0.2, -0.15) is 0 Å². The Morgan fingerprint density at radius 1 is 1.21 bits per heavy atom. The van der Waals surface area contributed by atoms with Gasteiger partial charge in [-0.25, -0.2) is 4.79 Å². The molecule has 6 heteroatoms. The van der Waals surface area contributed by atoms with Gasteiger partial charge in [0.2, 0.25) is 0 Å². The number of fused-ring (bicyclic) bond motifs is 1. The molecular formula is C18H23N3O3. The van der Waals surface area contributed by atoms with Crippen LogP contribution in [0.4, 0.5) is 10.5 Å². The number of hydrogen-bond donors (Lipinski definition) is 0. The van der Waals surface area contributed by atoms with Crippen LogP contribution in [0.1, 0.15) is 26.2 Å². The molecule has 1 aromatic rings. The predicted octanol–water partition coefficient (Wildman–Crippen LogP) is 2.09. The van der Waals surface area contributed by atoms with E-state index in [-0.39, 0.29) is 18.0 Å². The van der Waals surface area contributed by atoms with Crippen LogP contribution >= 0.6 is 0 Å². The number of urea groups is 1. The lowest BCUT2D eigenvalue weighted by molar-refractivity contribution is -0.133. The smallest absolute Gasteiger partial charge is 0.327 e. The Hall–Kier alpha value is -2.24. The first-order valence-electron chi connectivity index (χ1n) is 8.59. The van der Waals surface area contributed by atoms with Crippen LogP contribution in [0, 0.1) is 0 Å². The zero-order valence-corrected chi connectivity index (χ0v) is 14.2. The number of nitrogens with zero attached hydrogens (tertiary/aromatic N) is 3. The monoisotopic (exact) mass is 329 g/mol. The molecule has 6 nitrogen and oxygen atoms in total. The lowest BCUT2D eigenvalue weighted by Gasteiger charge is -2.25. The summed E-state index contributed by atoms with van der Waals surface area (Å²) in [4.78, 5) is 31.1. The van der Waals surface area contributed by atoms with Crippen molar-refractivity contribution in [3.63, 3.8) is 0 Å². The largest absolute Gasteiger partial charge is 0.495 e. The Labute approximate surface area is 142 Å². The second-order valence-corrected chi connectivity index (χ2v) is 7.05. The Kier molecular flexibility index (Phi) is 3.44. The third-order valence-corrected chi connectivity index (χ3v) is 5.71. The van der Waals surface area contributed by atoms with Crippen molar-refractivity contribution in [3.05, 3.63) is 24.3 Å². The lowest BCUT2D eigenvalue weighted by Crippen LogP contribution is -2.45. The molecule has 0 saturated carbocycles. The fraction of sp³-hybridized carbons (Fsp3) is 0.556. The summed E-state index contributed by atoms with van der Waals surface area (Å²) in [6.07, 6.45) is 2.50. The van der Waals surface area contributed by atoms with Gasteiger partial charge in [0.1, 0.15) is 11.3 Å². The van der Waals surface area contributed by atoms with Gasteiger partial charge in [0.05, 0.1) is 18.8 Å². The van der Waals surface area contributed by atoms with E-state index >= 15 is 0 Å². The zero-order chi connectivity index (χ0) is 16.9. The predicted molar refractivity (Wildman–Crippen MR) is 90.2 cm³/mol. The highest BCUT2D eigenvalue weighted by Crippen LogP contribution is 2.40. The first-order chi connectivity index (χ1) is 11.6. The second-order valence-electron chi connectivity index (χ2n) is 7.05. The first kappa shape index (κ1) is 15.3. The molecule has 0 aliphatic carbocycles. The van der Waals surface area contributed by atoms with Crippen molar-refractivity contribution in [1.29, 1.82) is 0 Å². The van der Waals surface area contributed by atoms with Crippen LogP contribution < -0.4 is 9.64 Å². The van der Waals surface area contributed by atoms with Crippen molar-refractivity contribution < 1.29 is 14.3 Å². The van der Waals surface area contributed by atoms with Gasteiger partial charge < -0.3 is 14.5 Å². The molecule has 3 aliphatic heterocycles. The van der Waals surface area contributed by atoms with E-state index in [1.54, 1.807) is 12.0 Å². The normalized spacial score (nSPS) is 29.6. The highest BCUT2D eigenvalue weighted by molar-refractivity contribution is 6.07. The minimum Gasteiger partial charge on any atom is -0.495 e. The van der Waals surface area contributed by atoms with Crippen molar-refractivity contribution in [2.24, 2.45) is 0 Å². The summed E-state index contributed by atoms with van der Waals surface area (Å²) < 4.78 is 5.44. The van der Waals surface area contributed by atoms with Crippen molar-refractivity contribution in [3.8, 4) is 5.75 Å². The van der Waals surface area contributed by atoms with Crippen molar-refractivity contribution in [1.82, 2.24) is 9.80 Å². The first-order valence-corrected chi connectivity index (χ1v) is 8.59. The quantitative estimate of drug-likeness (QED) is 0.797. The van der Waals surface area contributed by atoms with Gasteiger partial charge in [0, 0.05) is 19.6 Å². The molecule has 4 rings (SSSR count). The fourth-order valence-electron chi connectivity index (χ4n) is 4.35. The summed E-state index contributed by atoms with van der Waals surface area (Å²) in [5.74, 6) is 0.807. The molecular weight excluding hydrogens is 306 g/mol. The number of benzene rings is 1. The van der Waals surface area contributed by atoms with Crippen LogP contribution in [-0.2, 0) is 4.79 Å². The van der Waals surface area contributed by atoms with Gasteiger partial charge in [-0.1, -0.05) is 12.1 Å². The minimum absolute atomic E-state index is 0.0168. The Morgan fingerprint density at radius 2 is 2.00 bits per heavy atom. The molecule has 0 aromatic heterocycles. The number of imide groups is 1. The van der Waals surface area contributed by atoms with Gasteiger partial charge in [-0.15, -0.1) is 0 Å². The van der Waals surface area contributed by atoms with Gasteiger partial charge in [0.15, 0.2) is 0 Å². The average molecular weight is 329 g/mol. The number of rotatable bonds is 3. The van der Waals surface area contributed by atoms with Crippen LogP contribution in [0.15, 0.2) is 24.3 Å². The maximum absolute atomic E-state index is 12.9. The Bertz CT molecular complexity index is 692. The molecule has 3 fully saturated rings. The van der Waals surface area contributed by atoms with Crippen molar-refractivity contribution >= 4 is 17.6 Å². The molecule has 128 valence electrons. The van der Waals surface area contributed by atoms with E-state index in [0.717, 1.165) is 37.2 Å². The third-order valence-electron chi connectivity index (χ3n) is 5.71. The standard InChI is InChI=1S/C18H23N3O3/c1-18-9-5-10-20(18)17(23)21(16(18)22)13-8-11-19(12-13)14-6-3-4-7-15(14)24-2/h3-4,6-7,13H,5,8-12H2,1-2H3/t13-,18-/m1/s1. The number of para-hydroxylation sites is 2. The van der Waals surface area contributed by atoms with Crippen molar-refractivity contribution in [2.45, 2.75) is 37.8 Å². The van der Waals surface area contributed by atoms with Crippen LogP contribution in [0.3, 0.4) is 0 Å². The molecule has 0 spiro atoms. The second kappa shape index (κ2) is 5.40. The number of anilines is 1. The number of ether oxygens (including phenoxy) is 1. The van der Waals surface area contributed by atoms with Gasteiger partial charge in [0.25, 0.3) is 5.91 Å². The van der Waals surface area contributed by atoms with Crippen molar-refractivity contribution in [2.75, 3.05) is 31.6 Å². The Balaban J connectivity index is 1.55. The summed E-state index contributed by atoms with van der Waals surface area (Å²) in [5.41, 5.74) is 0.405. The van der Waals surface area contributed by atoms with Crippen LogP contribution in [0.5, 0.6) is 5.75 Å². The molecule has 1 aromatic carbocycles. The molecule has 3 aliphatic rings. The highest BCUT2D eigenvalue weighted by Gasteiger charge is 2.58. The molecule has 24 heavy (non-hydrogen) atoms. The maximum atomic E-state index is 12.9. The number of methoxy groups -OCH3 is 1. The summed E-state index contributed by atoms with van der Waals surface area (Å²) in [6.45, 7) is 4.09. The molecule has 0 bridgehead atoms. The van der Waals surface area contributed by atoms with E-state index in [9.17, 15) is 9.59 Å². The van der Waals surface area contributed by atoms with Crippen LogP contribution in [-0.4, -0.2) is 60.1 Å². The van der Waals surface area contributed by atoms with E-state index < -0.39 is 5.54 Å². The molecule has 3 amide bonds. The SMILES string of the molecule is COc1ccccc1N1CC[C@@H](N2C(=O)N3CCC[C@]3(C)C2=O)C1. The fourth-order valence-corrected chi connectivity index (χ4v) is 4.35. The van der Waals surface area contributed by atoms with Crippen LogP contribution in [0.25, 0.3) is 0 Å². The summed E-state index contributed by atoms with van der Waals surface area (Å²) in [6, 6.07) is 7.72. The van der Waals surface area contributed by atoms with E-state index in [0.29, 0.717) is 13.1 Å². The van der Waals surface area contributed by atoms with Gasteiger partial charge in [-0.3, -0.25) is 9.69 Å². The molecule has 3 saturated heterocycles. The number of hydrogen-bond acceptors (Lipinski definition) is 4. The maximum Gasteiger partial charge on any atom is 0.327 e. The average Bonchev–Trinajstić information content (AvgIpc) is 3.26. The van der Waals surface area contributed by atoms with E-state index in [1.165, 1.54) is 4.90 Å². The summed E-state index contributed by atoms with van der Waals surface area (Å²) in [5, 5.41) is 0. The highest BCUT2D eigenvalue weighted by atomic mass is 16.5. The molecule has 0 radical (unpaired) electrons. The number of carbonyl (C=O) groups is 2. The topological polar surface area (TPSA) is 53.1 Å². The summed E-state index contributed by atoms with van der Waals surface area (Å²) >= 11 is 0. The van der Waals surface area contributed by atoms with Gasteiger partial charge in [-0.05, 0) is 38.3 Å². The van der Waals surface area contributed by atoms with Crippen LogP contribution in [0.2, 0.25) is 0 Å². The Morgan fingerprint density at radius 3 is 2.75 bits per heavy atom. The third kappa shape index (κ3) is 2.01. The molecule has 0 N–H and O–H groups in total. The number of carbonyl (C=O) groups excluding carboxylic acids is 2. The van der Waals surface area contributed by atoms with E-state index in [2.05, 4.69) is 4.90 Å². The lowest BCUT2D eigenvalue weighted by atomic mass is 9.99. The molecule has 3 heterocycles. The summed E-state index contributed by atoms with van der Waals surface area (Å²) in [7, 11) is 1.66. The number of amides is 3. The molecule has 2 atom stereocenters. The van der Waals surface area contributed by atoms with E-state index in [4.69, 9.17) is 4.74 Å². The van der Waals surface area contributed by atoms with E-state index in [1.807, 2.05) is 31.2 Å². The minimum atomic E-state index is -0.616.